The Balaban J connectivity index is 1.80. The fraction of sp³-hybridized carbons (Fsp3) is 0.188. The third-order valence-electron chi connectivity index (χ3n) is 7.88. The standard InChI is InChI=1S/C32H26O8/c1-13-5-17-25(19-9-15(39-3)11-23(35)29(19)31(37)27(17)21(33)7-13)26-18-6-14(2)8-22(34)28(18)32(38)30-20(26)10-16(40-4)12-24(30)36/h5-12,25-26,33-36H,1-4H3/t25-,26+. The van der Waals surface area contributed by atoms with Gasteiger partial charge < -0.3 is 29.9 Å². The highest BCUT2D eigenvalue weighted by atomic mass is 16.5. The molecule has 2 aliphatic rings. The van der Waals surface area contributed by atoms with Crippen molar-refractivity contribution >= 4 is 11.6 Å². The first-order valence-electron chi connectivity index (χ1n) is 12.6. The van der Waals surface area contributed by atoms with Gasteiger partial charge in [-0.25, -0.2) is 0 Å². The minimum absolute atomic E-state index is 0.00134. The maximum Gasteiger partial charge on any atom is 0.201 e. The van der Waals surface area contributed by atoms with Gasteiger partial charge in [-0.05, 0) is 71.5 Å². The molecule has 0 aromatic heterocycles. The number of rotatable bonds is 3. The number of carbonyl (C=O) groups is 2. The van der Waals surface area contributed by atoms with E-state index in [9.17, 15) is 30.0 Å². The normalized spacial score (nSPS) is 17.0. The van der Waals surface area contributed by atoms with E-state index in [0.717, 1.165) is 0 Å². The lowest BCUT2D eigenvalue weighted by molar-refractivity contribution is 0.101. The summed E-state index contributed by atoms with van der Waals surface area (Å²) in [6.45, 7) is 3.58. The molecule has 40 heavy (non-hydrogen) atoms. The molecule has 0 heterocycles. The number of phenols is 4. The van der Waals surface area contributed by atoms with Crippen LogP contribution in [0.1, 0.15) is 77.1 Å². The number of ether oxygens (including phenoxy) is 2. The van der Waals surface area contributed by atoms with E-state index in [-0.39, 0.29) is 45.3 Å². The fourth-order valence-corrected chi connectivity index (χ4v) is 6.34. The molecule has 6 rings (SSSR count). The third kappa shape index (κ3) is 3.45. The summed E-state index contributed by atoms with van der Waals surface area (Å²) in [4.78, 5) is 27.6. The van der Waals surface area contributed by atoms with Crippen molar-refractivity contribution in [3.63, 3.8) is 0 Å². The van der Waals surface area contributed by atoms with Gasteiger partial charge in [0.2, 0.25) is 11.6 Å². The molecule has 4 aromatic rings. The molecule has 8 heteroatoms. The van der Waals surface area contributed by atoms with Crippen LogP contribution in [0.4, 0.5) is 0 Å². The predicted octanol–water partition coefficient (Wildman–Crippen LogP) is 5.20. The smallest absolute Gasteiger partial charge is 0.201 e. The summed E-state index contributed by atoms with van der Waals surface area (Å²) in [5.41, 5.74) is 3.24. The second kappa shape index (κ2) is 8.77. The van der Waals surface area contributed by atoms with E-state index < -0.39 is 23.4 Å². The Hall–Kier alpha value is -4.98. The van der Waals surface area contributed by atoms with Gasteiger partial charge in [0.25, 0.3) is 0 Å². The third-order valence-corrected chi connectivity index (χ3v) is 7.88. The number of aromatic hydroxyl groups is 4. The Bertz CT molecular complexity index is 1650. The van der Waals surface area contributed by atoms with E-state index in [2.05, 4.69) is 0 Å². The summed E-state index contributed by atoms with van der Waals surface area (Å²) < 4.78 is 10.9. The number of aryl methyl sites for hydroxylation is 2. The average molecular weight is 539 g/mol. The van der Waals surface area contributed by atoms with Crippen LogP contribution in [0.5, 0.6) is 34.5 Å². The lowest BCUT2D eigenvalue weighted by Gasteiger charge is -2.39. The summed E-state index contributed by atoms with van der Waals surface area (Å²) in [6, 6.07) is 12.5. The van der Waals surface area contributed by atoms with Crippen molar-refractivity contribution in [3.8, 4) is 34.5 Å². The van der Waals surface area contributed by atoms with Crippen LogP contribution in [0.15, 0.2) is 48.5 Å². The molecule has 2 atom stereocenters. The SMILES string of the molecule is COc1cc(O)c2c(c1)[C@H]([C@H]1c3cc(C)cc(O)c3C(=O)c3c(O)cc(OC)cc31)c1cc(C)cc(O)c1C2=O. The van der Waals surface area contributed by atoms with Gasteiger partial charge in [-0.1, -0.05) is 12.1 Å². The lowest BCUT2D eigenvalue weighted by atomic mass is 9.63. The van der Waals surface area contributed by atoms with E-state index in [4.69, 9.17) is 9.47 Å². The predicted molar refractivity (Wildman–Crippen MR) is 146 cm³/mol. The average Bonchev–Trinajstić information content (AvgIpc) is 2.88. The van der Waals surface area contributed by atoms with Gasteiger partial charge >= 0.3 is 0 Å². The van der Waals surface area contributed by atoms with E-state index in [0.29, 0.717) is 44.9 Å². The molecular weight excluding hydrogens is 512 g/mol. The molecule has 0 radical (unpaired) electrons. The fourth-order valence-electron chi connectivity index (χ4n) is 6.34. The molecule has 8 nitrogen and oxygen atoms in total. The van der Waals surface area contributed by atoms with Crippen LogP contribution in [-0.2, 0) is 0 Å². The Morgan fingerprint density at radius 1 is 0.500 bits per heavy atom. The number of phenolic OH excluding ortho intramolecular Hbond substituents is 4. The topological polar surface area (TPSA) is 134 Å². The number of carbonyl (C=O) groups excluding carboxylic acids is 2. The van der Waals surface area contributed by atoms with Crippen LogP contribution < -0.4 is 9.47 Å². The van der Waals surface area contributed by atoms with E-state index >= 15 is 0 Å². The van der Waals surface area contributed by atoms with Gasteiger partial charge in [0.1, 0.15) is 34.5 Å². The lowest BCUT2D eigenvalue weighted by Crippen LogP contribution is -2.30. The van der Waals surface area contributed by atoms with Crippen molar-refractivity contribution in [2.24, 2.45) is 0 Å². The molecular formula is C32H26O8. The monoisotopic (exact) mass is 538 g/mol. The molecule has 0 saturated carbocycles. The zero-order valence-corrected chi connectivity index (χ0v) is 22.2. The van der Waals surface area contributed by atoms with Gasteiger partial charge in [-0.2, -0.15) is 0 Å². The zero-order valence-electron chi connectivity index (χ0n) is 22.2. The summed E-state index contributed by atoms with van der Waals surface area (Å²) in [6.07, 6.45) is 0. The van der Waals surface area contributed by atoms with E-state index in [1.165, 1.54) is 38.5 Å². The van der Waals surface area contributed by atoms with Crippen LogP contribution in [0, 0.1) is 13.8 Å². The minimum Gasteiger partial charge on any atom is -0.507 e. The van der Waals surface area contributed by atoms with Gasteiger partial charge in [0.15, 0.2) is 0 Å². The summed E-state index contributed by atoms with van der Waals surface area (Å²) in [5.74, 6) is -3.10. The van der Waals surface area contributed by atoms with Gasteiger partial charge in [0.05, 0.1) is 36.5 Å². The molecule has 0 spiro atoms. The van der Waals surface area contributed by atoms with Gasteiger partial charge in [-0.3, -0.25) is 9.59 Å². The van der Waals surface area contributed by atoms with Gasteiger partial charge in [-0.15, -0.1) is 0 Å². The second-order valence-corrected chi connectivity index (χ2v) is 10.3. The molecule has 4 aromatic carbocycles. The minimum atomic E-state index is -0.757. The van der Waals surface area contributed by atoms with Crippen LogP contribution in [0.3, 0.4) is 0 Å². The summed E-state index contributed by atoms with van der Waals surface area (Å²) >= 11 is 0. The second-order valence-electron chi connectivity index (χ2n) is 10.3. The Kier molecular flexibility index (Phi) is 5.55. The number of ketones is 2. The molecule has 0 saturated heterocycles. The molecule has 0 aliphatic heterocycles. The number of fused-ring (bicyclic) bond motifs is 4. The van der Waals surface area contributed by atoms with Crippen molar-refractivity contribution in [2.75, 3.05) is 14.2 Å². The molecule has 4 N–H and O–H groups in total. The Morgan fingerprint density at radius 2 is 0.800 bits per heavy atom. The molecule has 0 unspecified atom stereocenters. The molecule has 0 bridgehead atoms. The molecule has 2 aliphatic carbocycles. The number of methoxy groups -OCH3 is 2. The van der Waals surface area contributed by atoms with E-state index in [1.54, 1.807) is 38.1 Å². The maximum absolute atomic E-state index is 13.8. The van der Waals surface area contributed by atoms with Crippen LogP contribution in [-0.4, -0.2) is 46.2 Å². The Morgan fingerprint density at radius 3 is 1.12 bits per heavy atom. The highest BCUT2D eigenvalue weighted by Gasteiger charge is 2.46. The number of hydrogen-bond acceptors (Lipinski definition) is 8. The summed E-state index contributed by atoms with van der Waals surface area (Å²) in [5, 5.41) is 44.1. The maximum atomic E-state index is 13.8. The van der Waals surface area contributed by atoms with Crippen molar-refractivity contribution in [3.05, 3.63) is 104 Å². The number of benzene rings is 4. The highest BCUT2D eigenvalue weighted by Crippen LogP contribution is 2.56. The molecule has 0 amide bonds. The zero-order chi connectivity index (χ0) is 28.6. The first kappa shape index (κ1) is 25.3. The largest absolute Gasteiger partial charge is 0.507 e. The first-order valence-corrected chi connectivity index (χ1v) is 12.6. The van der Waals surface area contributed by atoms with Crippen molar-refractivity contribution in [1.29, 1.82) is 0 Å². The van der Waals surface area contributed by atoms with Gasteiger partial charge in [0, 0.05) is 24.0 Å². The highest BCUT2D eigenvalue weighted by molar-refractivity contribution is 6.18. The van der Waals surface area contributed by atoms with Crippen molar-refractivity contribution in [2.45, 2.75) is 25.7 Å². The number of hydrogen-bond donors (Lipinski definition) is 4. The van der Waals surface area contributed by atoms with E-state index in [1.807, 2.05) is 0 Å². The molecule has 202 valence electrons. The summed E-state index contributed by atoms with van der Waals surface area (Å²) in [7, 11) is 2.89. The van der Waals surface area contributed by atoms with Crippen LogP contribution in [0.2, 0.25) is 0 Å². The Labute approximate surface area is 229 Å². The van der Waals surface area contributed by atoms with Crippen LogP contribution >= 0.6 is 0 Å². The van der Waals surface area contributed by atoms with Crippen LogP contribution in [0.25, 0.3) is 0 Å². The quantitative estimate of drug-likeness (QED) is 0.280. The van der Waals surface area contributed by atoms with Crippen molar-refractivity contribution in [1.82, 2.24) is 0 Å². The first-order chi connectivity index (χ1) is 19.0. The van der Waals surface area contributed by atoms with Crippen molar-refractivity contribution < 1.29 is 39.5 Å². The molecule has 0 fully saturated rings.